The molecular weight excluding hydrogens is 416 g/mol. The van der Waals surface area contributed by atoms with E-state index < -0.39 is 0 Å². The molecule has 1 amide bonds. The van der Waals surface area contributed by atoms with E-state index in [1.165, 1.54) is 56.2 Å². The second-order valence-electron chi connectivity index (χ2n) is 10.4. The maximum atomic E-state index is 12.6. The van der Waals surface area contributed by atoms with Crippen molar-refractivity contribution < 1.29 is 18.8 Å². The summed E-state index contributed by atoms with van der Waals surface area (Å²) >= 11 is 0. The number of ether oxygens (including phenoxy) is 2. The van der Waals surface area contributed by atoms with Crippen LogP contribution in [0, 0.1) is 5.92 Å². The monoisotopic (exact) mass is 450 g/mol. The maximum Gasteiger partial charge on any atom is 0.410 e. The first-order valence-electron chi connectivity index (χ1n) is 12.8. The van der Waals surface area contributed by atoms with Gasteiger partial charge in [-0.1, -0.05) is 54.8 Å². The van der Waals surface area contributed by atoms with Gasteiger partial charge in [0.1, 0.15) is 12.4 Å². The highest BCUT2D eigenvalue weighted by Gasteiger charge is 2.48. The van der Waals surface area contributed by atoms with Crippen LogP contribution >= 0.6 is 0 Å². The number of benzene rings is 1. The van der Waals surface area contributed by atoms with Crippen molar-refractivity contribution in [3.05, 3.63) is 52.9 Å². The molecule has 0 unspecified atom stereocenters. The van der Waals surface area contributed by atoms with E-state index in [1.54, 1.807) is 0 Å². The lowest BCUT2D eigenvalue weighted by atomic mass is 9.85. The van der Waals surface area contributed by atoms with Crippen LogP contribution in [0.15, 0.2) is 34.9 Å². The first-order valence-corrected chi connectivity index (χ1v) is 12.8. The summed E-state index contributed by atoms with van der Waals surface area (Å²) in [6.45, 7) is 1.67. The van der Waals surface area contributed by atoms with Gasteiger partial charge in [-0.05, 0) is 44.1 Å². The summed E-state index contributed by atoms with van der Waals surface area (Å²) in [7, 11) is 0. The van der Waals surface area contributed by atoms with E-state index in [-0.39, 0.29) is 18.2 Å². The second-order valence-corrected chi connectivity index (χ2v) is 10.4. The second kappa shape index (κ2) is 9.13. The fourth-order valence-electron chi connectivity index (χ4n) is 6.17. The molecule has 3 atom stereocenters. The summed E-state index contributed by atoms with van der Waals surface area (Å²) in [5.41, 5.74) is 3.43. The molecule has 1 aromatic heterocycles. The molecule has 2 heterocycles. The normalized spacial score (nSPS) is 27.3. The Morgan fingerprint density at radius 2 is 1.82 bits per heavy atom. The van der Waals surface area contributed by atoms with Crippen molar-refractivity contribution in [3.63, 3.8) is 0 Å². The number of carbonyl (C=O) groups excluding carboxylic acids is 1. The van der Waals surface area contributed by atoms with Crippen LogP contribution in [-0.2, 0) is 22.7 Å². The van der Waals surface area contributed by atoms with Gasteiger partial charge in [0.25, 0.3) is 0 Å². The Balaban J connectivity index is 1.05. The van der Waals surface area contributed by atoms with Crippen molar-refractivity contribution in [1.82, 2.24) is 10.1 Å². The van der Waals surface area contributed by atoms with Gasteiger partial charge in [-0.15, -0.1) is 0 Å². The van der Waals surface area contributed by atoms with E-state index in [0.717, 1.165) is 30.7 Å². The summed E-state index contributed by atoms with van der Waals surface area (Å²) in [5, 5.41) is 4.55. The highest BCUT2D eigenvalue weighted by molar-refractivity contribution is 5.68. The van der Waals surface area contributed by atoms with Crippen molar-refractivity contribution in [1.29, 1.82) is 0 Å². The third-order valence-corrected chi connectivity index (χ3v) is 8.15. The topological polar surface area (TPSA) is 64.8 Å². The Morgan fingerprint density at radius 3 is 2.55 bits per heavy atom. The van der Waals surface area contributed by atoms with Gasteiger partial charge in [0.15, 0.2) is 0 Å². The average Bonchev–Trinajstić information content (AvgIpc) is 3.31. The molecule has 33 heavy (non-hydrogen) atoms. The van der Waals surface area contributed by atoms with Crippen LogP contribution < -0.4 is 0 Å². The van der Waals surface area contributed by atoms with Crippen molar-refractivity contribution in [2.24, 2.45) is 5.92 Å². The van der Waals surface area contributed by atoms with Crippen molar-refractivity contribution >= 4 is 6.09 Å². The van der Waals surface area contributed by atoms with Gasteiger partial charge in [0.05, 0.1) is 18.4 Å². The van der Waals surface area contributed by atoms with Gasteiger partial charge in [-0.3, -0.25) is 0 Å². The molecule has 1 aliphatic heterocycles. The molecule has 6 nitrogen and oxygen atoms in total. The number of hydrogen-bond acceptors (Lipinski definition) is 5. The van der Waals surface area contributed by atoms with E-state index in [1.807, 2.05) is 35.2 Å². The minimum absolute atomic E-state index is 0.195. The van der Waals surface area contributed by atoms with Gasteiger partial charge in [0, 0.05) is 35.9 Å². The number of aromatic nitrogens is 1. The van der Waals surface area contributed by atoms with E-state index >= 15 is 0 Å². The molecule has 4 aliphatic rings. The standard InChI is InChI=1S/C27H34N2O4/c30-27(32-16-18-7-3-1-4-8-18)29-15-21-13-22(29)14-24(21)31-17-23-25(19-9-5-2-6-10-19)28-33-26(23)20-11-12-20/h1,3-4,7-8,19-22,24H,2,5-6,9-17H2/t21-,22-,24+/m0/s1. The van der Waals surface area contributed by atoms with Gasteiger partial charge in [-0.2, -0.15) is 0 Å². The molecule has 0 spiro atoms. The molecule has 4 fully saturated rings. The number of amides is 1. The quantitative estimate of drug-likeness (QED) is 0.524. The SMILES string of the molecule is O=C(OCc1ccccc1)N1C[C@@H]2C[C@H]1C[C@H]2OCc1c(C2CCCCC2)noc1C1CC1. The number of carbonyl (C=O) groups is 1. The summed E-state index contributed by atoms with van der Waals surface area (Å²) in [6.07, 6.45) is 10.7. The summed E-state index contributed by atoms with van der Waals surface area (Å²) in [6, 6.07) is 10.1. The zero-order chi connectivity index (χ0) is 22.2. The Labute approximate surface area is 195 Å². The molecule has 3 aliphatic carbocycles. The average molecular weight is 451 g/mol. The number of nitrogens with zero attached hydrogens (tertiary/aromatic N) is 2. The Morgan fingerprint density at radius 1 is 1.00 bits per heavy atom. The summed E-state index contributed by atoms with van der Waals surface area (Å²) in [5.74, 6) is 2.55. The van der Waals surface area contributed by atoms with Gasteiger partial charge < -0.3 is 18.9 Å². The van der Waals surface area contributed by atoms with Crippen molar-refractivity contribution in [2.45, 2.75) is 95.0 Å². The van der Waals surface area contributed by atoms with Crippen LogP contribution in [-0.4, -0.2) is 34.8 Å². The summed E-state index contributed by atoms with van der Waals surface area (Å²) in [4.78, 5) is 14.6. The van der Waals surface area contributed by atoms with E-state index in [0.29, 0.717) is 31.0 Å². The van der Waals surface area contributed by atoms with Crippen LogP contribution in [0.4, 0.5) is 4.79 Å². The molecule has 3 saturated carbocycles. The van der Waals surface area contributed by atoms with Crippen LogP contribution in [0.3, 0.4) is 0 Å². The fourth-order valence-corrected chi connectivity index (χ4v) is 6.17. The van der Waals surface area contributed by atoms with Crippen LogP contribution in [0.1, 0.15) is 92.2 Å². The van der Waals surface area contributed by atoms with E-state index in [9.17, 15) is 4.79 Å². The minimum atomic E-state index is -0.195. The molecular formula is C27H34N2O4. The zero-order valence-electron chi connectivity index (χ0n) is 19.3. The predicted molar refractivity (Wildman–Crippen MR) is 123 cm³/mol. The van der Waals surface area contributed by atoms with Crippen LogP contribution in [0.5, 0.6) is 0 Å². The minimum Gasteiger partial charge on any atom is -0.445 e. The molecule has 1 aromatic carbocycles. The van der Waals surface area contributed by atoms with Gasteiger partial charge >= 0.3 is 6.09 Å². The van der Waals surface area contributed by atoms with E-state index in [2.05, 4.69) is 5.16 Å². The zero-order valence-corrected chi connectivity index (χ0v) is 19.3. The lowest BCUT2D eigenvalue weighted by Gasteiger charge is -2.31. The van der Waals surface area contributed by atoms with Crippen molar-refractivity contribution in [3.8, 4) is 0 Å². The largest absolute Gasteiger partial charge is 0.445 e. The molecule has 2 aromatic rings. The van der Waals surface area contributed by atoms with Gasteiger partial charge in [-0.25, -0.2) is 4.79 Å². The molecule has 0 radical (unpaired) electrons. The number of hydrogen-bond donors (Lipinski definition) is 0. The van der Waals surface area contributed by atoms with Crippen molar-refractivity contribution in [2.75, 3.05) is 6.54 Å². The third-order valence-electron chi connectivity index (χ3n) is 8.15. The molecule has 0 N–H and O–H groups in total. The molecule has 1 saturated heterocycles. The number of fused-ring (bicyclic) bond motifs is 2. The molecule has 176 valence electrons. The molecule has 6 heteroatoms. The fraction of sp³-hybridized carbons (Fsp3) is 0.630. The highest BCUT2D eigenvalue weighted by atomic mass is 16.6. The van der Waals surface area contributed by atoms with Crippen LogP contribution in [0.25, 0.3) is 0 Å². The lowest BCUT2D eigenvalue weighted by Crippen LogP contribution is -2.42. The number of rotatable bonds is 7. The number of piperidine rings is 1. The highest BCUT2D eigenvalue weighted by Crippen LogP contribution is 2.46. The molecule has 2 bridgehead atoms. The third kappa shape index (κ3) is 4.42. The van der Waals surface area contributed by atoms with E-state index in [4.69, 9.17) is 14.0 Å². The first kappa shape index (κ1) is 21.2. The summed E-state index contributed by atoms with van der Waals surface area (Å²) < 4.78 is 17.9. The van der Waals surface area contributed by atoms with Gasteiger partial charge in [0.2, 0.25) is 0 Å². The Bertz CT molecular complexity index is 964. The Hall–Kier alpha value is -2.34. The lowest BCUT2D eigenvalue weighted by molar-refractivity contribution is -0.0118. The van der Waals surface area contributed by atoms with Crippen LogP contribution in [0.2, 0.25) is 0 Å². The Kier molecular flexibility index (Phi) is 5.87. The number of likely N-dealkylation sites (tertiary alicyclic amines) is 1. The first-order chi connectivity index (χ1) is 16.3. The smallest absolute Gasteiger partial charge is 0.410 e. The predicted octanol–water partition coefficient (Wildman–Crippen LogP) is 5.92. The maximum absolute atomic E-state index is 12.6. The molecule has 6 rings (SSSR count).